The summed E-state index contributed by atoms with van der Waals surface area (Å²) in [7, 11) is 1.10. The summed E-state index contributed by atoms with van der Waals surface area (Å²) in [5.74, 6) is -3.81. The largest absolute Gasteiger partial charge is 0.467 e. The Balaban J connectivity index is 1.24. The van der Waals surface area contributed by atoms with Gasteiger partial charge in [-0.05, 0) is 99.2 Å². The summed E-state index contributed by atoms with van der Waals surface area (Å²) in [6.07, 6.45) is -11.1. The quantitative estimate of drug-likeness (QED) is 0.0459. The molecule has 19 heteroatoms. The van der Waals surface area contributed by atoms with E-state index in [0.717, 1.165) is 12.7 Å². The smallest absolute Gasteiger partial charge is 0.337 e. The highest BCUT2D eigenvalue weighted by Gasteiger charge is 2.75. The first-order valence-electron chi connectivity index (χ1n) is 26.3. The minimum atomic E-state index is -1.85. The number of methoxy groups -OCH3 is 1. The van der Waals surface area contributed by atoms with E-state index in [1.165, 1.54) is 6.92 Å². The lowest BCUT2D eigenvalue weighted by Crippen LogP contribution is -2.73. The highest BCUT2D eigenvalue weighted by molar-refractivity contribution is 5.88. The van der Waals surface area contributed by atoms with Crippen molar-refractivity contribution >= 4 is 23.9 Å². The van der Waals surface area contributed by atoms with E-state index in [9.17, 15) is 54.9 Å². The third-order valence-corrected chi connectivity index (χ3v) is 20.0. The maximum atomic E-state index is 14.0. The van der Waals surface area contributed by atoms with Crippen molar-refractivity contribution in [2.45, 2.75) is 207 Å². The van der Waals surface area contributed by atoms with Gasteiger partial charge in [0.05, 0.1) is 44.4 Å². The summed E-state index contributed by atoms with van der Waals surface area (Å²) in [5.41, 5.74) is -3.26. The van der Waals surface area contributed by atoms with Gasteiger partial charge in [-0.3, -0.25) is 9.59 Å². The average Bonchev–Trinajstić information content (AvgIpc) is 3.34. The van der Waals surface area contributed by atoms with Gasteiger partial charge in [0.2, 0.25) is 0 Å². The number of aliphatic hydroxyl groups excluding tert-OH is 7. The Kier molecular flexibility index (Phi) is 16.6. The monoisotopic (exact) mass is 1040 g/mol. The molecule has 7 rings (SSSR count). The van der Waals surface area contributed by atoms with Crippen LogP contribution in [0.1, 0.15) is 128 Å². The molecule has 0 bridgehead atoms. The average molecular weight is 1040 g/mol. The van der Waals surface area contributed by atoms with E-state index in [-0.39, 0.29) is 24.9 Å². The summed E-state index contributed by atoms with van der Waals surface area (Å²) >= 11 is 0. The van der Waals surface area contributed by atoms with Gasteiger partial charge in [-0.2, -0.15) is 0 Å². The van der Waals surface area contributed by atoms with Crippen molar-refractivity contribution in [3.05, 3.63) is 23.3 Å². The van der Waals surface area contributed by atoms with Gasteiger partial charge in [-0.15, -0.1) is 0 Å². The summed E-state index contributed by atoms with van der Waals surface area (Å²) < 4.78 is 48.1. The predicted molar refractivity (Wildman–Crippen MR) is 258 cm³/mol. The molecule has 0 radical (unpaired) electrons. The molecular formula is C54H84O19. The van der Waals surface area contributed by atoms with Crippen LogP contribution in [0.3, 0.4) is 0 Å². The van der Waals surface area contributed by atoms with E-state index in [0.29, 0.717) is 50.5 Å². The fraction of sp³-hybridized carbons (Fsp3) is 0.852. The molecule has 73 heavy (non-hydrogen) atoms. The van der Waals surface area contributed by atoms with Crippen molar-refractivity contribution in [2.24, 2.45) is 56.2 Å². The molecule has 0 aromatic rings. The van der Waals surface area contributed by atoms with Crippen molar-refractivity contribution in [1.29, 1.82) is 0 Å². The van der Waals surface area contributed by atoms with E-state index in [2.05, 4.69) is 26.8 Å². The predicted octanol–water partition coefficient (Wildman–Crippen LogP) is 3.18. The minimum Gasteiger partial charge on any atom is -0.467 e. The van der Waals surface area contributed by atoms with Crippen LogP contribution in [0.2, 0.25) is 0 Å². The van der Waals surface area contributed by atoms with Crippen LogP contribution >= 0.6 is 0 Å². The van der Waals surface area contributed by atoms with E-state index in [1.54, 1.807) is 26.8 Å². The van der Waals surface area contributed by atoms with Crippen molar-refractivity contribution in [2.75, 3.05) is 26.9 Å². The molecule has 7 N–H and O–H groups in total. The van der Waals surface area contributed by atoms with Gasteiger partial charge >= 0.3 is 23.9 Å². The van der Waals surface area contributed by atoms with E-state index >= 15 is 0 Å². The molecular weight excluding hydrogens is 953 g/mol. The van der Waals surface area contributed by atoms with Crippen LogP contribution in [-0.4, -0.2) is 166 Å². The summed E-state index contributed by atoms with van der Waals surface area (Å²) in [6.45, 7) is 19.8. The second-order valence-electron chi connectivity index (χ2n) is 24.2. The first-order valence-corrected chi connectivity index (χ1v) is 26.3. The van der Waals surface area contributed by atoms with Gasteiger partial charge in [0.25, 0.3) is 0 Å². The number of esters is 4. The third kappa shape index (κ3) is 9.33. The van der Waals surface area contributed by atoms with Gasteiger partial charge in [0.15, 0.2) is 24.8 Å². The molecule has 7 aliphatic rings. The summed E-state index contributed by atoms with van der Waals surface area (Å²) in [5, 5.41) is 77.7. The molecule has 4 saturated carbocycles. The number of rotatable bonds is 13. The Labute approximate surface area is 429 Å². The molecule has 6 fully saturated rings. The lowest BCUT2D eigenvalue weighted by molar-refractivity contribution is -0.358. The number of fused-ring (bicyclic) bond motifs is 7. The molecule has 2 saturated heterocycles. The van der Waals surface area contributed by atoms with Crippen LogP contribution in [0, 0.1) is 56.2 Å². The summed E-state index contributed by atoms with van der Waals surface area (Å²) in [6, 6.07) is 0. The Bertz CT molecular complexity index is 2130. The van der Waals surface area contributed by atoms with Crippen LogP contribution in [0.4, 0.5) is 0 Å². The normalized spacial score (nSPS) is 46.7. The molecule has 2 heterocycles. The number of allylic oxidation sites excluding steroid dienone is 3. The molecule has 0 spiro atoms. The van der Waals surface area contributed by atoms with Gasteiger partial charge in [0, 0.05) is 23.3 Å². The fourth-order valence-electron chi connectivity index (χ4n) is 15.2. The number of carbonyl (C=O) groups excluding carboxylic acids is 4. The standard InChI is InChI=1S/C54H84O19/c1-13-26(3)44(63)72-42-43(73-45(64)27(4)14-2)54(25-56)30(21-49(42,6)7)29-15-16-33-50(8)19-18-34(51(9,24-55)32(50)17-20-52(33,10)53(29,11)22-35(54)68-28(5)57)69-48-39(62)40(38(61)41(71-48)46(65)66-12)70-47-37(60)36(59)31(58)23-67-47/h13,15,27,30-43,47-48,55-56,58-62H,14,16-25H2,1-12H3. The Morgan fingerprint density at radius 3 is 2.10 bits per heavy atom. The van der Waals surface area contributed by atoms with Gasteiger partial charge in [-0.1, -0.05) is 73.1 Å². The Hall–Kier alpha value is -3.08. The SMILES string of the molecule is CC=C(C)C(=O)OC1C(OC(=O)C(C)CC)C2(CO)C(OC(C)=O)CC3(C)C(=CCC4C5(C)CCC(OC6OC(C(=O)OC)C(O)C(OC7OCC(O)C(O)C7O)C6O)C(C)(CO)C5CCC43C)C2CC1(C)C. The van der Waals surface area contributed by atoms with Gasteiger partial charge in [-0.25, -0.2) is 9.59 Å². The number of hydrogen-bond acceptors (Lipinski definition) is 19. The zero-order valence-electron chi connectivity index (χ0n) is 44.8. The maximum Gasteiger partial charge on any atom is 0.337 e. The Morgan fingerprint density at radius 2 is 1.49 bits per heavy atom. The fourth-order valence-corrected chi connectivity index (χ4v) is 15.2. The van der Waals surface area contributed by atoms with Crippen molar-refractivity contribution in [3.63, 3.8) is 0 Å². The van der Waals surface area contributed by atoms with Crippen LogP contribution in [0.5, 0.6) is 0 Å². The van der Waals surface area contributed by atoms with Crippen LogP contribution in [-0.2, 0) is 57.1 Å². The first-order chi connectivity index (χ1) is 34.1. The second kappa shape index (κ2) is 21.0. The lowest BCUT2D eigenvalue weighted by atomic mass is 9.33. The zero-order valence-corrected chi connectivity index (χ0v) is 44.8. The zero-order chi connectivity index (χ0) is 54.1. The van der Waals surface area contributed by atoms with Crippen LogP contribution in [0.15, 0.2) is 23.3 Å². The minimum absolute atomic E-state index is 0.00369. The van der Waals surface area contributed by atoms with Gasteiger partial charge < -0.3 is 73.6 Å². The van der Waals surface area contributed by atoms with Crippen molar-refractivity contribution in [1.82, 2.24) is 0 Å². The molecule has 19 nitrogen and oxygen atoms in total. The molecule has 0 aromatic carbocycles. The highest BCUT2D eigenvalue weighted by Crippen LogP contribution is 2.76. The van der Waals surface area contributed by atoms with Gasteiger partial charge in [0.1, 0.15) is 48.8 Å². The van der Waals surface area contributed by atoms with Crippen LogP contribution in [0.25, 0.3) is 0 Å². The van der Waals surface area contributed by atoms with Crippen molar-refractivity contribution < 1.29 is 92.8 Å². The molecule has 0 amide bonds. The molecule has 5 aliphatic carbocycles. The molecule has 2 aliphatic heterocycles. The van der Waals surface area contributed by atoms with Crippen molar-refractivity contribution in [3.8, 4) is 0 Å². The maximum absolute atomic E-state index is 14.0. The topological polar surface area (TPSA) is 284 Å². The van der Waals surface area contributed by atoms with Crippen LogP contribution < -0.4 is 0 Å². The highest BCUT2D eigenvalue weighted by atomic mass is 16.7. The first kappa shape index (κ1) is 57.6. The third-order valence-electron chi connectivity index (χ3n) is 20.0. The lowest BCUT2D eigenvalue weighted by Gasteiger charge is -2.72. The molecule has 22 unspecified atom stereocenters. The number of aliphatic hydroxyl groups is 7. The number of carbonyl (C=O) groups is 4. The number of hydrogen-bond donors (Lipinski definition) is 7. The molecule has 414 valence electrons. The molecule has 22 atom stereocenters. The Morgan fingerprint density at radius 1 is 0.808 bits per heavy atom. The second-order valence-corrected chi connectivity index (χ2v) is 24.2. The molecule has 0 aromatic heterocycles. The van der Waals surface area contributed by atoms with E-state index in [1.807, 2.05) is 27.7 Å². The number of ether oxygens (including phenoxy) is 8. The summed E-state index contributed by atoms with van der Waals surface area (Å²) in [4.78, 5) is 54.1. The van der Waals surface area contributed by atoms with E-state index < -0.39 is 161 Å². The van der Waals surface area contributed by atoms with E-state index in [4.69, 9.17) is 37.9 Å².